The average molecular weight is 322 g/mol. The highest BCUT2D eigenvalue weighted by Crippen LogP contribution is 2.31. The lowest BCUT2D eigenvalue weighted by Gasteiger charge is -2.13. The summed E-state index contributed by atoms with van der Waals surface area (Å²) >= 11 is 0. The molecule has 2 aromatic carbocycles. The van der Waals surface area contributed by atoms with Crippen molar-refractivity contribution in [1.29, 1.82) is 0 Å². The molecular weight excluding hydrogens is 308 g/mol. The summed E-state index contributed by atoms with van der Waals surface area (Å²) in [6.45, 7) is 0. The van der Waals surface area contributed by atoms with Gasteiger partial charge in [0, 0.05) is 12.2 Å². The minimum Gasteiger partial charge on any atom is -0.290 e. The molecule has 0 atom stereocenters. The molecule has 3 rings (SSSR count). The topological polar surface area (TPSA) is 51.2 Å². The Hall–Kier alpha value is -2.72. The van der Waals surface area contributed by atoms with Crippen LogP contribution in [0.4, 0.5) is 0 Å². The van der Waals surface area contributed by atoms with Crippen LogP contribution in [0.2, 0.25) is 0 Å². The van der Waals surface area contributed by atoms with Gasteiger partial charge in [-0.3, -0.25) is 4.79 Å². The van der Waals surface area contributed by atoms with Crippen LogP contribution in [0.25, 0.3) is 11.0 Å². The van der Waals surface area contributed by atoms with Crippen molar-refractivity contribution in [3.8, 4) is 0 Å². The Morgan fingerprint density at radius 3 is 2.00 bits per heavy atom. The Morgan fingerprint density at radius 2 is 1.35 bits per heavy atom. The van der Waals surface area contributed by atoms with Gasteiger partial charge in [-0.2, -0.15) is 0 Å². The largest absolute Gasteiger partial charge is 0.290 e. The predicted molar refractivity (Wildman–Crippen MR) is 91.9 cm³/mol. The van der Waals surface area contributed by atoms with Crippen molar-refractivity contribution in [1.82, 2.24) is 0 Å². The van der Waals surface area contributed by atoms with E-state index in [2.05, 4.69) is 0 Å². The number of ketones is 1. The molecule has 0 bridgehead atoms. The highest BCUT2D eigenvalue weighted by molar-refractivity contribution is 8.04. The lowest BCUT2D eigenvalue weighted by molar-refractivity contribution is -0.110. The molecule has 114 valence electrons. The van der Waals surface area contributed by atoms with Crippen molar-refractivity contribution >= 4 is 26.6 Å². The summed E-state index contributed by atoms with van der Waals surface area (Å²) in [5.41, 5.74) is 1.38. The van der Waals surface area contributed by atoms with Crippen LogP contribution in [-0.2, 0) is 14.6 Å². The molecule has 0 unspecified atom stereocenters. The highest BCUT2D eigenvalue weighted by atomic mass is 32.2. The Kier molecular flexibility index (Phi) is 4.08. The molecule has 0 N–H and O–H groups in total. The fourth-order valence-corrected chi connectivity index (χ4v) is 3.80. The molecule has 0 radical (unpaired) electrons. The highest BCUT2D eigenvalue weighted by Gasteiger charge is 2.28. The van der Waals surface area contributed by atoms with E-state index in [0.29, 0.717) is 5.56 Å². The van der Waals surface area contributed by atoms with Crippen molar-refractivity contribution in [2.75, 3.05) is 0 Å². The average Bonchev–Trinajstić information content (AvgIpc) is 2.57. The van der Waals surface area contributed by atoms with Crippen molar-refractivity contribution < 1.29 is 13.2 Å². The summed E-state index contributed by atoms with van der Waals surface area (Å²) in [5.74, 6) is -0.327. The SMILES string of the molecule is O=C1C=C(/C=C/c2ccccc2)S(=O)(=O)C(c2ccccc2)=C1. The van der Waals surface area contributed by atoms with Crippen LogP contribution in [0, 0.1) is 0 Å². The number of hydrogen-bond acceptors (Lipinski definition) is 3. The zero-order valence-corrected chi connectivity index (χ0v) is 13.0. The quantitative estimate of drug-likeness (QED) is 0.867. The van der Waals surface area contributed by atoms with Crippen molar-refractivity contribution in [2.24, 2.45) is 0 Å². The first kappa shape index (κ1) is 15.2. The Labute approximate surface area is 135 Å². The fourth-order valence-electron chi connectivity index (χ4n) is 2.31. The summed E-state index contributed by atoms with van der Waals surface area (Å²) in [6.07, 6.45) is 5.48. The first-order chi connectivity index (χ1) is 11.1. The summed E-state index contributed by atoms with van der Waals surface area (Å²) in [5, 5.41) is 0. The molecule has 4 heteroatoms. The molecule has 0 spiro atoms. The van der Waals surface area contributed by atoms with Crippen molar-refractivity contribution in [2.45, 2.75) is 0 Å². The van der Waals surface area contributed by atoms with E-state index in [0.717, 1.165) is 11.6 Å². The molecule has 0 saturated carbocycles. The van der Waals surface area contributed by atoms with Crippen molar-refractivity contribution in [3.05, 3.63) is 94.9 Å². The Balaban J connectivity index is 2.00. The number of carbonyl (C=O) groups excluding carboxylic acids is 1. The minimum absolute atomic E-state index is 0.00714. The molecule has 0 aliphatic carbocycles. The summed E-state index contributed by atoms with van der Waals surface area (Å²) in [7, 11) is -3.71. The molecule has 3 nitrogen and oxygen atoms in total. The van der Waals surface area contributed by atoms with E-state index in [-0.39, 0.29) is 15.6 Å². The predicted octanol–water partition coefficient (Wildman–Crippen LogP) is 3.62. The molecule has 0 amide bonds. The standard InChI is InChI=1S/C19H14O3S/c20-17-13-18(12-11-15-7-3-1-4-8-15)23(21,22)19(14-17)16-9-5-2-6-10-16/h1-14H/b12-11+. The zero-order valence-electron chi connectivity index (χ0n) is 12.2. The van der Waals surface area contributed by atoms with Crippen LogP contribution >= 0.6 is 0 Å². The molecule has 23 heavy (non-hydrogen) atoms. The van der Waals surface area contributed by atoms with E-state index >= 15 is 0 Å². The van der Waals surface area contributed by atoms with Gasteiger partial charge in [0.25, 0.3) is 0 Å². The summed E-state index contributed by atoms with van der Waals surface area (Å²) in [4.78, 5) is 12.0. The molecule has 1 heterocycles. The maximum atomic E-state index is 12.7. The number of allylic oxidation sites excluding steroid dienone is 3. The van der Waals surface area contributed by atoms with Gasteiger partial charge >= 0.3 is 0 Å². The van der Waals surface area contributed by atoms with Crippen LogP contribution in [0.3, 0.4) is 0 Å². The number of carbonyl (C=O) groups is 1. The summed E-state index contributed by atoms with van der Waals surface area (Å²) < 4.78 is 25.5. The van der Waals surface area contributed by atoms with Gasteiger partial charge in [-0.15, -0.1) is 0 Å². The second kappa shape index (κ2) is 6.18. The second-order valence-electron chi connectivity index (χ2n) is 5.07. The van der Waals surface area contributed by atoms with E-state index in [1.807, 2.05) is 30.3 Å². The first-order valence-electron chi connectivity index (χ1n) is 7.08. The molecular formula is C19H14O3S. The lowest BCUT2D eigenvalue weighted by Crippen LogP contribution is -2.12. The van der Waals surface area contributed by atoms with Gasteiger partial charge in [-0.25, -0.2) is 8.42 Å². The number of sulfone groups is 1. The van der Waals surface area contributed by atoms with E-state index in [1.54, 1.807) is 36.4 Å². The molecule has 2 aromatic rings. The van der Waals surface area contributed by atoms with Gasteiger partial charge in [0.2, 0.25) is 9.84 Å². The van der Waals surface area contributed by atoms with Crippen LogP contribution < -0.4 is 0 Å². The molecule has 1 aliphatic heterocycles. The maximum Gasteiger partial charge on any atom is 0.207 e. The third kappa shape index (κ3) is 3.22. The van der Waals surface area contributed by atoms with E-state index in [1.165, 1.54) is 12.2 Å². The second-order valence-corrected chi connectivity index (χ2v) is 6.99. The molecule has 0 fully saturated rings. The third-order valence-corrected chi connectivity index (χ3v) is 5.26. The molecule has 0 aromatic heterocycles. The maximum absolute atomic E-state index is 12.7. The third-order valence-electron chi connectivity index (χ3n) is 3.46. The van der Waals surface area contributed by atoms with Crippen LogP contribution in [0.15, 0.2) is 83.8 Å². The fraction of sp³-hybridized carbons (Fsp3) is 0. The Bertz CT molecular complexity index is 919. The monoisotopic (exact) mass is 322 g/mol. The first-order valence-corrected chi connectivity index (χ1v) is 8.57. The van der Waals surface area contributed by atoms with Crippen LogP contribution in [-0.4, -0.2) is 14.2 Å². The minimum atomic E-state index is -3.71. The number of hydrogen-bond donors (Lipinski definition) is 0. The van der Waals surface area contributed by atoms with E-state index < -0.39 is 9.84 Å². The van der Waals surface area contributed by atoms with Gasteiger partial charge in [0.05, 0.1) is 9.81 Å². The number of rotatable bonds is 3. The van der Waals surface area contributed by atoms with Gasteiger partial charge in [0.1, 0.15) is 0 Å². The van der Waals surface area contributed by atoms with Gasteiger partial charge < -0.3 is 0 Å². The Morgan fingerprint density at radius 1 is 0.739 bits per heavy atom. The van der Waals surface area contributed by atoms with Crippen molar-refractivity contribution in [3.63, 3.8) is 0 Å². The lowest BCUT2D eigenvalue weighted by atomic mass is 10.1. The smallest absolute Gasteiger partial charge is 0.207 e. The summed E-state index contributed by atoms with van der Waals surface area (Å²) in [6, 6.07) is 18.0. The van der Waals surface area contributed by atoms with Crippen LogP contribution in [0.1, 0.15) is 11.1 Å². The van der Waals surface area contributed by atoms with E-state index in [9.17, 15) is 13.2 Å². The van der Waals surface area contributed by atoms with Crippen LogP contribution in [0.5, 0.6) is 0 Å². The van der Waals surface area contributed by atoms with Gasteiger partial charge in [-0.1, -0.05) is 66.7 Å². The zero-order chi connectivity index (χ0) is 16.3. The van der Waals surface area contributed by atoms with Gasteiger partial charge in [0.15, 0.2) is 5.78 Å². The van der Waals surface area contributed by atoms with Gasteiger partial charge in [-0.05, 0) is 17.2 Å². The molecule has 0 saturated heterocycles. The molecule has 1 aliphatic rings. The number of benzene rings is 2. The normalized spacial score (nSPS) is 17.0. The van der Waals surface area contributed by atoms with E-state index in [4.69, 9.17) is 0 Å².